The molecule has 0 rings (SSSR count). The summed E-state index contributed by atoms with van der Waals surface area (Å²) in [6, 6.07) is 0. The van der Waals surface area contributed by atoms with E-state index in [1.54, 1.807) is 0 Å². The van der Waals surface area contributed by atoms with Crippen molar-refractivity contribution in [2.24, 2.45) is 0 Å². The van der Waals surface area contributed by atoms with E-state index in [9.17, 15) is 14.4 Å². The Balaban J connectivity index is 4.50. The number of esters is 3. The number of allylic oxidation sites excluding steroid dienone is 14. The lowest BCUT2D eigenvalue weighted by Crippen LogP contribution is -2.30. The van der Waals surface area contributed by atoms with E-state index in [0.717, 1.165) is 96.3 Å². The van der Waals surface area contributed by atoms with Gasteiger partial charge in [0.1, 0.15) is 13.2 Å². The van der Waals surface area contributed by atoms with Gasteiger partial charge in [0, 0.05) is 19.3 Å². The average molecular weight is 990 g/mol. The molecule has 408 valence electrons. The van der Waals surface area contributed by atoms with Crippen molar-refractivity contribution in [1.29, 1.82) is 0 Å². The van der Waals surface area contributed by atoms with Crippen LogP contribution >= 0.6 is 0 Å². The third-order valence-corrected chi connectivity index (χ3v) is 12.9. The monoisotopic (exact) mass is 989 g/mol. The smallest absolute Gasteiger partial charge is 0.306 e. The van der Waals surface area contributed by atoms with Crippen molar-refractivity contribution in [1.82, 2.24) is 0 Å². The van der Waals surface area contributed by atoms with Crippen molar-refractivity contribution >= 4 is 17.9 Å². The fraction of sp³-hybridized carbons (Fsp3) is 0.738. The van der Waals surface area contributed by atoms with Gasteiger partial charge in [-0.3, -0.25) is 14.4 Å². The van der Waals surface area contributed by atoms with Crippen LogP contribution in [0.2, 0.25) is 0 Å². The Hall–Kier alpha value is -3.41. The second-order valence-electron chi connectivity index (χ2n) is 20.0. The predicted molar refractivity (Wildman–Crippen MR) is 307 cm³/mol. The standard InChI is InChI=1S/C65H112O6/c1-4-7-10-13-16-19-22-25-28-31-34-37-40-43-46-49-52-55-58-64(67)70-61-62(60-69-63(66)57-54-51-48-45-42-39-36-33-30-27-24-21-18-15-12-9-6-3)71-65(68)59-56-53-50-47-44-41-38-35-32-29-26-23-20-17-14-11-8-5-2/h22,25,27-28,30-31,34-39,45,48,62H,4-21,23-24,26,29,32-33,40-44,46-47,49-61H2,1-3H3/b25-22-,30-27-,31-28-,37-34-,38-35-,39-36-,48-45-. The van der Waals surface area contributed by atoms with Crippen LogP contribution in [0.5, 0.6) is 0 Å². The minimum absolute atomic E-state index is 0.106. The van der Waals surface area contributed by atoms with E-state index in [1.807, 2.05) is 0 Å². The Morgan fingerprint density at radius 2 is 0.577 bits per heavy atom. The summed E-state index contributed by atoms with van der Waals surface area (Å²) >= 11 is 0. The van der Waals surface area contributed by atoms with Crippen molar-refractivity contribution in [3.63, 3.8) is 0 Å². The zero-order valence-corrected chi connectivity index (χ0v) is 46.7. The predicted octanol–water partition coefficient (Wildman–Crippen LogP) is 20.3. The summed E-state index contributed by atoms with van der Waals surface area (Å²) in [5.41, 5.74) is 0. The Morgan fingerprint density at radius 1 is 0.296 bits per heavy atom. The third kappa shape index (κ3) is 57.4. The number of hydrogen-bond acceptors (Lipinski definition) is 6. The van der Waals surface area contributed by atoms with E-state index in [1.165, 1.54) is 148 Å². The molecule has 6 heteroatoms. The summed E-state index contributed by atoms with van der Waals surface area (Å²) in [6.07, 6.45) is 77.2. The van der Waals surface area contributed by atoms with Crippen LogP contribution in [0.15, 0.2) is 85.1 Å². The SMILES string of the molecule is CCCCCCC\C=C/C=C\C=C/CCCCCCCC(=O)OCC(COC(=O)CCC/C=C\C/C=C\C/C=C\CCCCCCCC)OC(=O)CCCCCCC/C=C\CCCCCCCCCCC. The number of ether oxygens (including phenoxy) is 3. The van der Waals surface area contributed by atoms with Gasteiger partial charge in [0.2, 0.25) is 0 Å². The van der Waals surface area contributed by atoms with Crippen LogP contribution in [0.3, 0.4) is 0 Å². The fourth-order valence-corrected chi connectivity index (χ4v) is 8.34. The highest BCUT2D eigenvalue weighted by Crippen LogP contribution is 2.14. The van der Waals surface area contributed by atoms with Crippen molar-refractivity contribution < 1.29 is 28.6 Å². The zero-order chi connectivity index (χ0) is 51.4. The minimum Gasteiger partial charge on any atom is -0.462 e. The molecule has 0 aliphatic heterocycles. The van der Waals surface area contributed by atoms with Crippen LogP contribution < -0.4 is 0 Å². The van der Waals surface area contributed by atoms with Gasteiger partial charge in [0.05, 0.1) is 0 Å². The molecule has 0 spiro atoms. The van der Waals surface area contributed by atoms with Gasteiger partial charge in [0.25, 0.3) is 0 Å². The summed E-state index contributed by atoms with van der Waals surface area (Å²) < 4.78 is 16.8. The van der Waals surface area contributed by atoms with E-state index in [-0.39, 0.29) is 37.5 Å². The molecular weight excluding hydrogens is 877 g/mol. The second-order valence-corrected chi connectivity index (χ2v) is 20.0. The number of hydrogen-bond donors (Lipinski definition) is 0. The summed E-state index contributed by atoms with van der Waals surface area (Å²) in [4.78, 5) is 38.2. The maximum Gasteiger partial charge on any atom is 0.306 e. The van der Waals surface area contributed by atoms with Crippen molar-refractivity contribution in [2.45, 2.75) is 297 Å². The quantitative estimate of drug-likeness (QED) is 0.0199. The number of unbranched alkanes of at least 4 members (excludes halogenated alkanes) is 31. The second kappa shape index (κ2) is 59.2. The minimum atomic E-state index is -0.811. The van der Waals surface area contributed by atoms with E-state index in [4.69, 9.17) is 14.2 Å². The van der Waals surface area contributed by atoms with Gasteiger partial charge in [-0.25, -0.2) is 0 Å². The van der Waals surface area contributed by atoms with E-state index >= 15 is 0 Å². The normalized spacial score (nSPS) is 12.7. The molecule has 0 aliphatic rings. The maximum absolute atomic E-state index is 12.9. The van der Waals surface area contributed by atoms with E-state index in [2.05, 4.69) is 106 Å². The van der Waals surface area contributed by atoms with Crippen molar-refractivity contribution in [3.8, 4) is 0 Å². The Bertz CT molecular complexity index is 1370. The molecule has 71 heavy (non-hydrogen) atoms. The lowest BCUT2D eigenvalue weighted by atomic mass is 10.1. The zero-order valence-electron chi connectivity index (χ0n) is 46.7. The lowest BCUT2D eigenvalue weighted by molar-refractivity contribution is -0.167. The Kier molecular flexibility index (Phi) is 56.3. The van der Waals surface area contributed by atoms with Gasteiger partial charge >= 0.3 is 17.9 Å². The van der Waals surface area contributed by atoms with Gasteiger partial charge < -0.3 is 14.2 Å². The molecule has 0 aromatic carbocycles. The number of carbonyl (C=O) groups is 3. The largest absolute Gasteiger partial charge is 0.462 e. The number of rotatable bonds is 54. The van der Waals surface area contributed by atoms with Gasteiger partial charge in [-0.05, 0) is 103 Å². The molecule has 0 amide bonds. The van der Waals surface area contributed by atoms with Crippen LogP contribution in [0.4, 0.5) is 0 Å². The molecule has 0 aromatic heterocycles. The highest BCUT2D eigenvalue weighted by Gasteiger charge is 2.19. The number of carbonyl (C=O) groups excluding carboxylic acids is 3. The van der Waals surface area contributed by atoms with Gasteiger partial charge in [-0.1, -0.05) is 254 Å². The molecule has 0 radical (unpaired) electrons. The molecular formula is C65H112O6. The Labute approximate surface area is 439 Å². The highest BCUT2D eigenvalue weighted by molar-refractivity contribution is 5.71. The average Bonchev–Trinajstić information content (AvgIpc) is 3.37. The van der Waals surface area contributed by atoms with Crippen molar-refractivity contribution in [2.75, 3.05) is 13.2 Å². The van der Waals surface area contributed by atoms with Crippen LogP contribution in [-0.4, -0.2) is 37.2 Å². The first-order valence-corrected chi connectivity index (χ1v) is 30.1. The van der Waals surface area contributed by atoms with Crippen LogP contribution in [0.25, 0.3) is 0 Å². The molecule has 6 nitrogen and oxygen atoms in total. The molecule has 0 heterocycles. The first-order chi connectivity index (χ1) is 35.0. The molecule has 0 fully saturated rings. The summed E-state index contributed by atoms with van der Waals surface area (Å²) in [6.45, 7) is 6.57. The van der Waals surface area contributed by atoms with Gasteiger partial charge in [0.15, 0.2) is 6.10 Å². The van der Waals surface area contributed by atoms with Crippen LogP contribution in [-0.2, 0) is 28.6 Å². The van der Waals surface area contributed by atoms with E-state index < -0.39 is 6.10 Å². The molecule has 1 unspecified atom stereocenters. The molecule has 0 saturated heterocycles. The first kappa shape index (κ1) is 67.6. The molecule has 0 aromatic rings. The van der Waals surface area contributed by atoms with Crippen molar-refractivity contribution in [3.05, 3.63) is 85.1 Å². The molecule has 0 bridgehead atoms. The van der Waals surface area contributed by atoms with Crippen LogP contribution in [0, 0.1) is 0 Å². The first-order valence-electron chi connectivity index (χ1n) is 30.1. The molecule has 1 atom stereocenters. The molecule has 0 saturated carbocycles. The summed E-state index contributed by atoms with van der Waals surface area (Å²) in [7, 11) is 0. The maximum atomic E-state index is 12.9. The topological polar surface area (TPSA) is 78.9 Å². The summed E-state index contributed by atoms with van der Waals surface area (Å²) in [5, 5.41) is 0. The van der Waals surface area contributed by atoms with Gasteiger partial charge in [-0.2, -0.15) is 0 Å². The lowest BCUT2D eigenvalue weighted by Gasteiger charge is -2.18. The highest BCUT2D eigenvalue weighted by atomic mass is 16.6. The summed E-state index contributed by atoms with van der Waals surface area (Å²) in [5.74, 6) is -0.978. The van der Waals surface area contributed by atoms with E-state index in [0.29, 0.717) is 19.3 Å². The fourth-order valence-electron chi connectivity index (χ4n) is 8.34. The molecule has 0 aliphatic carbocycles. The molecule has 0 N–H and O–H groups in total. The Morgan fingerprint density at radius 3 is 0.972 bits per heavy atom. The van der Waals surface area contributed by atoms with Crippen LogP contribution in [0.1, 0.15) is 290 Å². The van der Waals surface area contributed by atoms with Gasteiger partial charge in [-0.15, -0.1) is 0 Å². The third-order valence-electron chi connectivity index (χ3n) is 12.9.